The first-order valence-corrected chi connectivity index (χ1v) is 7.31. The second kappa shape index (κ2) is 8.96. The number of hydrogen-bond donors (Lipinski definition) is 0. The molecule has 0 saturated heterocycles. The molecule has 0 aliphatic rings. The third-order valence-electron chi connectivity index (χ3n) is 2.58. The van der Waals surface area contributed by atoms with Crippen molar-refractivity contribution in [3.05, 3.63) is 71.8 Å². The Morgan fingerprint density at radius 3 is 1.36 bits per heavy atom. The van der Waals surface area contributed by atoms with Crippen LogP contribution in [-0.2, 0) is 32.5 Å². The molecule has 2 rings (SSSR count). The van der Waals surface area contributed by atoms with Crippen molar-refractivity contribution in [3.8, 4) is 0 Å². The van der Waals surface area contributed by atoms with Gasteiger partial charge < -0.3 is 9.47 Å². The predicted molar refractivity (Wildman–Crippen MR) is 89.8 cm³/mol. The van der Waals surface area contributed by atoms with Crippen molar-refractivity contribution in [3.63, 3.8) is 0 Å². The molecule has 2 aromatic carbocycles. The van der Waals surface area contributed by atoms with E-state index in [2.05, 4.69) is 0 Å². The first-order valence-electron chi connectivity index (χ1n) is 6.50. The van der Waals surface area contributed by atoms with Gasteiger partial charge in [-0.05, 0) is 11.1 Å². The fourth-order valence-electron chi connectivity index (χ4n) is 1.55. The molecule has 6 heteroatoms. The summed E-state index contributed by atoms with van der Waals surface area (Å²) in [5.74, 6) is 0. The van der Waals surface area contributed by atoms with Gasteiger partial charge in [0.15, 0.2) is 0 Å². The molecule has 0 radical (unpaired) electrons. The Balaban J connectivity index is 1.62. The second-order valence-corrected chi connectivity index (χ2v) is 4.88. The number of ether oxygens (including phenoxy) is 2. The molecule has 4 nitrogen and oxygen atoms in total. The van der Waals surface area contributed by atoms with Crippen LogP contribution >= 0.6 is 24.4 Å². The highest BCUT2D eigenvalue weighted by molar-refractivity contribution is 7.80. The lowest BCUT2D eigenvalue weighted by atomic mass is 10.2. The van der Waals surface area contributed by atoms with Gasteiger partial charge in [-0.1, -0.05) is 60.7 Å². The van der Waals surface area contributed by atoms with Gasteiger partial charge in [0.1, 0.15) is 13.2 Å². The molecule has 0 atom stereocenters. The van der Waals surface area contributed by atoms with E-state index >= 15 is 0 Å². The highest BCUT2D eigenvalue weighted by Gasteiger charge is 2.06. The first kappa shape index (κ1) is 16.2. The zero-order valence-electron chi connectivity index (χ0n) is 11.6. The Morgan fingerprint density at radius 2 is 1.00 bits per heavy atom. The Hall–Kier alpha value is -2.18. The zero-order valence-corrected chi connectivity index (χ0v) is 13.3. The van der Waals surface area contributed by atoms with Gasteiger partial charge in [-0.3, -0.25) is 0 Å². The molecular weight excluding hydrogens is 320 g/mol. The minimum atomic E-state index is -0.158. The maximum atomic E-state index is 5.21. The van der Waals surface area contributed by atoms with Crippen molar-refractivity contribution < 1.29 is 19.2 Å². The van der Waals surface area contributed by atoms with Crippen LogP contribution < -0.4 is 0 Å². The van der Waals surface area contributed by atoms with Gasteiger partial charge in [-0.2, -0.15) is 0 Å². The summed E-state index contributed by atoms with van der Waals surface area (Å²) in [6.45, 7) is 0.585. The SMILES string of the molecule is S=C(OCc1ccccc1)OOC(=S)OCc1ccccc1. The average molecular weight is 334 g/mol. The fraction of sp³-hybridized carbons (Fsp3) is 0.125. The second-order valence-electron chi connectivity index (χ2n) is 4.22. The molecule has 0 N–H and O–H groups in total. The van der Waals surface area contributed by atoms with Crippen molar-refractivity contribution in [1.82, 2.24) is 0 Å². The summed E-state index contributed by atoms with van der Waals surface area (Å²) in [5.41, 5.74) is 1.94. The summed E-state index contributed by atoms with van der Waals surface area (Å²) in [7, 11) is 0. The largest absolute Gasteiger partial charge is 0.449 e. The Kier molecular flexibility index (Phi) is 6.60. The van der Waals surface area contributed by atoms with Gasteiger partial charge in [0.25, 0.3) is 0 Å². The van der Waals surface area contributed by atoms with E-state index in [0.29, 0.717) is 13.2 Å². The maximum absolute atomic E-state index is 5.21. The summed E-state index contributed by atoms with van der Waals surface area (Å²) in [4.78, 5) is 9.51. The van der Waals surface area contributed by atoms with Crippen molar-refractivity contribution >= 4 is 34.9 Å². The van der Waals surface area contributed by atoms with E-state index in [9.17, 15) is 0 Å². The summed E-state index contributed by atoms with van der Waals surface area (Å²) in [6.07, 6.45) is 0. The van der Waals surface area contributed by atoms with Crippen LogP contribution in [0, 0.1) is 0 Å². The van der Waals surface area contributed by atoms with E-state index in [1.807, 2.05) is 60.7 Å². The number of rotatable bonds is 4. The van der Waals surface area contributed by atoms with E-state index in [1.165, 1.54) is 0 Å². The van der Waals surface area contributed by atoms with E-state index in [-0.39, 0.29) is 10.5 Å². The van der Waals surface area contributed by atoms with Gasteiger partial charge in [-0.25, -0.2) is 9.78 Å². The lowest BCUT2D eigenvalue weighted by molar-refractivity contribution is -0.170. The quantitative estimate of drug-likeness (QED) is 0.479. The Bertz CT molecular complexity index is 547. The highest BCUT2D eigenvalue weighted by atomic mass is 32.1. The third-order valence-corrected chi connectivity index (χ3v) is 2.95. The van der Waals surface area contributed by atoms with Crippen molar-refractivity contribution in [2.75, 3.05) is 0 Å². The van der Waals surface area contributed by atoms with Crippen molar-refractivity contribution in [1.29, 1.82) is 0 Å². The van der Waals surface area contributed by atoms with Gasteiger partial charge in [-0.15, -0.1) is 0 Å². The van der Waals surface area contributed by atoms with E-state index < -0.39 is 0 Å². The normalized spacial score (nSPS) is 9.64. The monoisotopic (exact) mass is 334 g/mol. The summed E-state index contributed by atoms with van der Waals surface area (Å²) >= 11 is 9.73. The molecule has 0 amide bonds. The summed E-state index contributed by atoms with van der Waals surface area (Å²) < 4.78 is 10.4. The van der Waals surface area contributed by atoms with Crippen molar-refractivity contribution in [2.45, 2.75) is 13.2 Å². The van der Waals surface area contributed by atoms with Crippen LogP contribution in [0.15, 0.2) is 60.7 Å². The molecule has 22 heavy (non-hydrogen) atoms. The Labute approximate surface area is 139 Å². The standard InChI is InChI=1S/C16H14O4S2/c21-15(17-11-13-7-3-1-4-8-13)19-20-16(22)18-12-14-9-5-2-6-10-14/h1-10H,11-12H2. The van der Waals surface area contributed by atoms with Gasteiger partial charge in [0, 0.05) is 24.4 Å². The van der Waals surface area contributed by atoms with Crippen molar-refractivity contribution in [2.24, 2.45) is 0 Å². The van der Waals surface area contributed by atoms with E-state index in [4.69, 9.17) is 43.7 Å². The summed E-state index contributed by atoms with van der Waals surface area (Å²) in [5, 5.41) is -0.316. The van der Waals surface area contributed by atoms with Crippen LogP contribution in [0.4, 0.5) is 0 Å². The zero-order chi connectivity index (χ0) is 15.6. The number of benzene rings is 2. The lowest BCUT2D eigenvalue weighted by Gasteiger charge is -2.09. The third kappa shape index (κ3) is 6.07. The van der Waals surface area contributed by atoms with Gasteiger partial charge >= 0.3 is 10.5 Å². The number of hydrogen-bond acceptors (Lipinski definition) is 6. The molecule has 0 unspecified atom stereocenters. The molecule has 0 heterocycles. The van der Waals surface area contributed by atoms with Gasteiger partial charge in [0.2, 0.25) is 0 Å². The molecule has 0 saturated carbocycles. The molecule has 0 bridgehead atoms. The van der Waals surface area contributed by atoms with Crippen LogP contribution in [0.1, 0.15) is 11.1 Å². The lowest BCUT2D eigenvalue weighted by Crippen LogP contribution is -2.13. The first-order chi connectivity index (χ1) is 10.7. The molecule has 0 aliphatic carbocycles. The summed E-state index contributed by atoms with van der Waals surface area (Å²) in [6, 6.07) is 19.1. The van der Waals surface area contributed by atoms with Gasteiger partial charge in [0.05, 0.1) is 0 Å². The molecule has 0 fully saturated rings. The highest BCUT2D eigenvalue weighted by Crippen LogP contribution is 2.04. The molecular formula is C16H14O4S2. The van der Waals surface area contributed by atoms with Crippen LogP contribution in [0.3, 0.4) is 0 Å². The van der Waals surface area contributed by atoms with Crippen LogP contribution in [0.2, 0.25) is 0 Å². The minimum absolute atomic E-state index is 0.158. The fourth-order valence-corrected chi connectivity index (χ4v) is 1.74. The van der Waals surface area contributed by atoms with E-state index in [1.54, 1.807) is 0 Å². The van der Waals surface area contributed by atoms with Crippen LogP contribution in [-0.4, -0.2) is 10.5 Å². The Morgan fingerprint density at radius 1 is 0.636 bits per heavy atom. The number of thiocarbonyl (C=S) groups is 2. The van der Waals surface area contributed by atoms with E-state index in [0.717, 1.165) is 11.1 Å². The molecule has 0 aliphatic heterocycles. The minimum Gasteiger partial charge on any atom is -0.449 e. The smallest absolute Gasteiger partial charge is 0.400 e. The molecule has 114 valence electrons. The average Bonchev–Trinajstić information content (AvgIpc) is 2.58. The molecule has 0 spiro atoms. The molecule has 2 aromatic rings. The maximum Gasteiger partial charge on any atom is 0.400 e. The van der Waals surface area contributed by atoms with Crippen LogP contribution in [0.5, 0.6) is 0 Å². The van der Waals surface area contributed by atoms with Crippen LogP contribution in [0.25, 0.3) is 0 Å². The molecule has 0 aromatic heterocycles. The topological polar surface area (TPSA) is 36.9 Å². The predicted octanol–water partition coefficient (Wildman–Crippen LogP) is 3.94.